The largest absolute Gasteiger partial charge is 0.360 e. The fraction of sp³-hybridized carbons (Fsp3) is 0.727. The van der Waals surface area contributed by atoms with Crippen LogP contribution in [0, 0.1) is 0 Å². The molecule has 0 spiro atoms. The zero-order valence-corrected chi connectivity index (χ0v) is 9.33. The molecule has 0 radical (unpaired) electrons. The molecule has 2 rings (SSSR count). The third-order valence-electron chi connectivity index (χ3n) is 2.79. The van der Waals surface area contributed by atoms with Crippen LogP contribution in [0.4, 0.5) is 0 Å². The van der Waals surface area contributed by atoms with E-state index in [0.29, 0.717) is 0 Å². The third kappa shape index (κ3) is 3.04. The van der Waals surface area contributed by atoms with E-state index in [1.807, 2.05) is 13.1 Å². The maximum absolute atomic E-state index is 5.21. The molecule has 0 aromatic carbocycles. The molecular formula is C11H19N3O. The van der Waals surface area contributed by atoms with Crippen molar-refractivity contribution in [2.45, 2.75) is 32.4 Å². The highest BCUT2D eigenvalue weighted by Gasteiger charge is 2.12. The summed E-state index contributed by atoms with van der Waals surface area (Å²) in [5, 5.41) is 7.13. The highest BCUT2D eigenvalue weighted by molar-refractivity contribution is 5.05. The first kappa shape index (κ1) is 10.6. The van der Waals surface area contributed by atoms with Gasteiger partial charge in [-0.05, 0) is 33.0 Å². The van der Waals surface area contributed by atoms with Crippen LogP contribution < -0.4 is 5.32 Å². The number of hydrogen-bond acceptors (Lipinski definition) is 4. The molecule has 1 aliphatic heterocycles. The lowest BCUT2D eigenvalue weighted by atomic mass is 10.1. The molecule has 0 unspecified atom stereocenters. The van der Waals surface area contributed by atoms with Gasteiger partial charge in [-0.3, -0.25) is 4.90 Å². The smallest absolute Gasteiger partial charge is 0.150 e. The van der Waals surface area contributed by atoms with Gasteiger partial charge in [0.15, 0.2) is 5.76 Å². The highest BCUT2D eigenvalue weighted by atomic mass is 16.5. The van der Waals surface area contributed by atoms with Gasteiger partial charge in [0, 0.05) is 12.6 Å². The number of piperidine rings is 1. The van der Waals surface area contributed by atoms with Crippen molar-refractivity contribution in [3.05, 3.63) is 17.5 Å². The number of likely N-dealkylation sites (tertiary alicyclic amines) is 1. The van der Waals surface area contributed by atoms with Gasteiger partial charge in [0.05, 0.1) is 12.2 Å². The highest BCUT2D eigenvalue weighted by Crippen LogP contribution is 2.13. The van der Waals surface area contributed by atoms with Crippen molar-refractivity contribution < 1.29 is 4.52 Å². The summed E-state index contributed by atoms with van der Waals surface area (Å²) in [5.41, 5.74) is 1.06. The van der Waals surface area contributed by atoms with Crippen molar-refractivity contribution in [3.8, 4) is 0 Å². The minimum absolute atomic E-state index is 0.757. The summed E-state index contributed by atoms with van der Waals surface area (Å²) in [6.45, 7) is 4.10. The Balaban J connectivity index is 1.86. The number of rotatable bonds is 4. The minimum atomic E-state index is 0.757. The molecule has 15 heavy (non-hydrogen) atoms. The Kier molecular flexibility index (Phi) is 3.75. The molecule has 0 atom stereocenters. The van der Waals surface area contributed by atoms with Crippen LogP contribution >= 0.6 is 0 Å². The first-order valence-corrected chi connectivity index (χ1v) is 5.70. The lowest BCUT2D eigenvalue weighted by Crippen LogP contribution is -2.29. The van der Waals surface area contributed by atoms with Crippen LogP contribution in [0.2, 0.25) is 0 Å². The van der Waals surface area contributed by atoms with Gasteiger partial charge in [0.2, 0.25) is 0 Å². The zero-order valence-electron chi connectivity index (χ0n) is 9.33. The van der Waals surface area contributed by atoms with Gasteiger partial charge in [-0.2, -0.15) is 0 Å². The summed E-state index contributed by atoms with van der Waals surface area (Å²) < 4.78 is 5.21. The van der Waals surface area contributed by atoms with Gasteiger partial charge >= 0.3 is 0 Å². The van der Waals surface area contributed by atoms with Crippen LogP contribution in [0.15, 0.2) is 10.6 Å². The number of hydrogen-bond donors (Lipinski definition) is 1. The van der Waals surface area contributed by atoms with Gasteiger partial charge in [-0.25, -0.2) is 0 Å². The summed E-state index contributed by atoms with van der Waals surface area (Å²) in [6, 6.07) is 2.05. The van der Waals surface area contributed by atoms with Crippen LogP contribution in [0.25, 0.3) is 0 Å². The third-order valence-corrected chi connectivity index (χ3v) is 2.79. The summed E-state index contributed by atoms with van der Waals surface area (Å²) in [5.74, 6) is 0.921. The van der Waals surface area contributed by atoms with E-state index in [4.69, 9.17) is 4.52 Å². The average Bonchev–Trinajstić information content (AvgIpc) is 2.68. The second-order valence-corrected chi connectivity index (χ2v) is 4.15. The molecule has 0 amide bonds. The Morgan fingerprint density at radius 2 is 2.20 bits per heavy atom. The normalized spacial score (nSPS) is 18.2. The molecule has 1 aromatic heterocycles. The molecule has 1 aromatic rings. The van der Waals surface area contributed by atoms with Crippen LogP contribution in [-0.2, 0) is 13.1 Å². The van der Waals surface area contributed by atoms with Crippen LogP contribution in [-0.4, -0.2) is 30.2 Å². The Morgan fingerprint density at radius 3 is 2.93 bits per heavy atom. The van der Waals surface area contributed by atoms with Crippen LogP contribution in [0.3, 0.4) is 0 Å². The standard InChI is InChI=1S/C11H19N3O/c1-12-8-11-7-10(13-15-11)9-14-5-3-2-4-6-14/h7,12H,2-6,8-9H2,1H3. The van der Waals surface area contributed by atoms with E-state index in [1.54, 1.807) is 0 Å². The molecule has 1 N–H and O–H groups in total. The van der Waals surface area contributed by atoms with Crippen molar-refractivity contribution in [1.82, 2.24) is 15.4 Å². The maximum Gasteiger partial charge on any atom is 0.150 e. The molecule has 0 bridgehead atoms. The Labute approximate surface area is 90.6 Å². The SMILES string of the molecule is CNCc1cc(CN2CCCCC2)no1. The van der Waals surface area contributed by atoms with E-state index in [2.05, 4.69) is 15.4 Å². The van der Waals surface area contributed by atoms with E-state index in [9.17, 15) is 0 Å². The van der Waals surface area contributed by atoms with Gasteiger partial charge in [0.25, 0.3) is 0 Å². The molecule has 1 fully saturated rings. The summed E-state index contributed by atoms with van der Waals surface area (Å²) in [7, 11) is 1.91. The molecule has 0 saturated carbocycles. The Hall–Kier alpha value is -0.870. The summed E-state index contributed by atoms with van der Waals surface area (Å²) >= 11 is 0. The first-order valence-electron chi connectivity index (χ1n) is 5.70. The lowest BCUT2D eigenvalue weighted by Gasteiger charge is -2.25. The summed E-state index contributed by atoms with van der Waals surface area (Å²) in [6.07, 6.45) is 4.02. The second-order valence-electron chi connectivity index (χ2n) is 4.15. The molecular weight excluding hydrogens is 190 g/mol. The maximum atomic E-state index is 5.21. The lowest BCUT2D eigenvalue weighted by molar-refractivity contribution is 0.214. The van der Waals surface area contributed by atoms with Gasteiger partial charge in [0.1, 0.15) is 0 Å². The van der Waals surface area contributed by atoms with E-state index in [-0.39, 0.29) is 0 Å². The predicted octanol–water partition coefficient (Wildman–Crippen LogP) is 1.38. The molecule has 2 heterocycles. The first-order chi connectivity index (χ1) is 7.38. The fourth-order valence-electron chi connectivity index (χ4n) is 2.03. The number of aromatic nitrogens is 1. The van der Waals surface area contributed by atoms with E-state index in [0.717, 1.165) is 24.5 Å². The monoisotopic (exact) mass is 209 g/mol. The average molecular weight is 209 g/mol. The van der Waals surface area contributed by atoms with Crippen LogP contribution in [0.1, 0.15) is 30.7 Å². The molecule has 84 valence electrons. The molecule has 4 nitrogen and oxygen atoms in total. The van der Waals surface area contributed by atoms with Crippen LogP contribution in [0.5, 0.6) is 0 Å². The predicted molar refractivity (Wildman–Crippen MR) is 58.4 cm³/mol. The molecule has 4 heteroatoms. The van der Waals surface area contributed by atoms with Gasteiger partial charge in [-0.1, -0.05) is 11.6 Å². The number of nitrogens with one attached hydrogen (secondary N) is 1. The van der Waals surface area contributed by atoms with Crippen molar-refractivity contribution >= 4 is 0 Å². The van der Waals surface area contributed by atoms with Crippen molar-refractivity contribution in [1.29, 1.82) is 0 Å². The van der Waals surface area contributed by atoms with E-state index >= 15 is 0 Å². The number of nitrogens with zero attached hydrogens (tertiary/aromatic N) is 2. The summed E-state index contributed by atoms with van der Waals surface area (Å²) in [4.78, 5) is 2.45. The zero-order chi connectivity index (χ0) is 10.5. The molecule has 1 aliphatic rings. The minimum Gasteiger partial charge on any atom is -0.360 e. The van der Waals surface area contributed by atoms with Crippen molar-refractivity contribution in [2.24, 2.45) is 0 Å². The quantitative estimate of drug-likeness (QED) is 0.813. The van der Waals surface area contributed by atoms with Crippen molar-refractivity contribution in [3.63, 3.8) is 0 Å². The topological polar surface area (TPSA) is 41.3 Å². The second kappa shape index (κ2) is 5.28. The van der Waals surface area contributed by atoms with Gasteiger partial charge < -0.3 is 9.84 Å². The molecule has 0 aliphatic carbocycles. The van der Waals surface area contributed by atoms with E-state index in [1.165, 1.54) is 32.4 Å². The molecule has 1 saturated heterocycles. The van der Waals surface area contributed by atoms with Gasteiger partial charge in [-0.15, -0.1) is 0 Å². The Bertz CT molecular complexity index is 292. The van der Waals surface area contributed by atoms with Crippen molar-refractivity contribution in [2.75, 3.05) is 20.1 Å². The Morgan fingerprint density at radius 1 is 1.40 bits per heavy atom. The van der Waals surface area contributed by atoms with E-state index < -0.39 is 0 Å². The fourth-order valence-corrected chi connectivity index (χ4v) is 2.03.